The highest BCUT2D eigenvalue weighted by Gasteiger charge is 2.08. The summed E-state index contributed by atoms with van der Waals surface area (Å²) in [5.41, 5.74) is 3.96. The molecule has 0 atom stereocenters. The molecule has 0 bridgehead atoms. The van der Waals surface area contributed by atoms with Crippen LogP contribution in [0.1, 0.15) is 18.2 Å². The van der Waals surface area contributed by atoms with Crippen LogP contribution in [0.5, 0.6) is 0 Å². The van der Waals surface area contributed by atoms with Gasteiger partial charge in [-0.05, 0) is 18.2 Å². The quantitative estimate of drug-likeness (QED) is 0.890. The zero-order valence-electron chi connectivity index (χ0n) is 11.1. The van der Waals surface area contributed by atoms with E-state index in [9.17, 15) is 0 Å². The number of aromatic nitrogens is 2. The van der Waals surface area contributed by atoms with E-state index in [1.807, 2.05) is 24.0 Å². The number of pyridine rings is 1. The normalized spacial score (nSPS) is 10.7. The molecule has 6 heteroatoms. The maximum Gasteiger partial charge on any atom is 0.128 e. The molecule has 2 rings (SSSR count). The first-order valence-electron chi connectivity index (χ1n) is 6.14. The Morgan fingerprint density at radius 1 is 1.42 bits per heavy atom. The largest absolute Gasteiger partial charge is 0.354 e. The molecule has 0 saturated carbocycles. The van der Waals surface area contributed by atoms with Gasteiger partial charge in [0, 0.05) is 25.2 Å². The second-order valence-corrected chi connectivity index (χ2v) is 5.38. The van der Waals surface area contributed by atoms with Crippen molar-refractivity contribution in [3.63, 3.8) is 0 Å². The summed E-state index contributed by atoms with van der Waals surface area (Å²) >= 11 is 7.75. The fourth-order valence-corrected chi connectivity index (χ4v) is 2.43. The first kappa shape index (κ1) is 14.2. The summed E-state index contributed by atoms with van der Waals surface area (Å²) in [4.78, 5) is 10.7. The minimum atomic E-state index is 0.701. The lowest BCUT2D eigenvalue weighted by Crippen LogP contribution is -2.19. The Balaban J connectivity index is 2.10. The van der Waals surface area contributed by atoms with E-state index in [1.54, 1.807) is 17.5 Å². The molecule has 0 aromatic carbocycles. The summed E-state index contributed by atoms with van der Waals surface area (Å²) < 4.78 is 0. The van der Waals surface area contributed by atoms with Crippen LogP contribution in [-0.2, 0) is 13.1 Å². The van der Waals surface area contributed by atoms with Crippen molar-refractivity contribution in [1.29, 1.82) is 0 Å². The van der Waals surface area contributed by atoms with E-state index in [2.05, 4.69) is 27.1 Å². The molecule has 0 spiro atoms. The predicted octanol–water partition coefficient (Wildman–Crippen LogP) is 2.94. The lowest BCUT2D eigenvalue weighted by molar-refractivity contribution is 0.725. The third kappa shape index (κ3) is 3.89. The third-order valence-electron chi connectivity index (χ3n) is 2.76. The average Bonchev–Trinajstić information content (AvgIpc) is 2.90. The fourth-order valence-electron chi connectivity index (χ4n) is 1.71. The highest BCUT2D eigenvalue weighted by molar-refractivity contribution is 7.07. The highest BCUT2D eigenvalue weighted by Crippen LogP contribution is 2.21. The highest BCUT2D eigenvalue weighted by atomic mass is 35.5. The number of hydrogen-bond acceptors (Lipinski definition) is 5. The van der Waals surface area contributed by atoms with Gasteiger partial charge >= 0.3 is 0 Å². The third-order valence-corrected chi connectivity index (χ3v) is 3.74. The van der Waals surface area contributed by atoms with Crippen molar-refractivity contribution in [2.45, 2.75) is 20.0 Å². The molecular formula is C13H17ClN4S. The molecule has 0 amide bonds. The Labute approximate surface area is 122 Å². The van der Waals surface area contributed by atoms with E-state index in [0.717, 1.165) is 36.7 Å². The number of rotatable bonds is 6. The Morgan fingerprint density at radius 2 is 2.26 bits per heavy atom. The second-order valence-electron chi connectivity index (χ2n) is 4.25. The minimum Gasteiger partial charge on any atom is -0.354 e. The van der Waals surface area contributed by atoms with Crippen molar-refractivity contribution in [2.24, 2.45) is 0 Å². The molecule has 0 aliphatic heterocycles. The molecule has 2 heterocycles. The summed E-state index contributed by atoms with van der Waals surface area (Å²) in [6.07, 6.45) is 1.71. The van der Waals surface area contributed by atoms with Crippen LogP contribution in [0.2, 0.25) is 5.02 Å². The van der Waals surface area contributed by atoms with Crippen molar-refractivity contribution in [1.82, 2.24) is 15.3 Å². The molecule has 0 fully saturated rings. The van der Waals surface area contributed by atoms with Gasteiger partial charge in [0.25, 0.3) is 0 Å². The molecule has 4 nitrogen and oxygen atoms in total. The van der Waals surface area contributed by atoms with Gasteiger partial charge in [-0.3, -0.25) is 0 Å². The molecule has 0 aliphatic rings. The topological polar surface area (TPSA) is 41.0 Å². The molecule has 2 aromatic rings. The number of anilines is 1. The number of halogens is 1. The van der Waals surface area contributed by atoms with E-state index in [1.165, 1.54) is 0 Å². The number of hydrogen-bond donors (Lipinski definition) is 1. The smallest absolute Gasteiger partial charge is 0.128 e. The SMILES string of the molecule is CCNCc1cc(N(C)Cc2cscn2)ncc1Cl. The summed E-state index contributed by atoms with van der Waals surface area (Å²) in [6, 6.07) is 2.03. The van der Waals surface area contributed by atoms with Crippen molar-refractivity contribution >= 4 is 28.8 Å². The van der Waals surface area contributed by atoms with Crippen LogP contribution in [0.15, 0.2) is 23.2 Å². The van der Waals surface area contributed by atoms with Crippen LogP contribution >= 0.6 is 22.9 Å². The molecule has 1 N–H and O–H groups in total. The van der Waals surface area contributed by atoms with Crippen LogP contribution < -0.4 is 10.2 Å². The number of nitrogens with one attached hydrogen (secondary N) is 1. The predicted molar refractivity (Wildman–Crippen MR) is 80.8 cm³/mol. The first-order chi connectivity index (χ1) is 9.20. The van der Waals surface area contributed by atoms with Crippen molar-refractivity contribution < 1.29 is 0 Å². The van der Waals surface area contributed by atoms with Crippen molar-refractivity contribution in [3.8, 4) is 0 Å². The summed E-state index contributed by atoms with van der Waals surface area (Å²) in [5, 5.41) is 6.02. The molecule has 0 radical (unpaired) electrons. The van der Waals surface area contributed by atoms with E-state index >= 15 is 0 Å². The van der Waals surface area contributed by atoms with Crippen LogP contribution in [-0.4, -0.2) is 23.6 Å². The monoisotopic (exact) mass is 296 g/mol. The Kier molecular flexibility index (Phi) is 5.13. The van der Waals surface area contributed by atoms with Crippen LogP contribution in [0.4, 0.5) is 5.82 Å². The van der Waals surface area contributed by atoms with Crippen LogP contribution in [0.3, 0.4) is 0 Å². The molecule has 0 aliphatic carbocycles. The lowest BCUT2D eigenvalue weighted by atomic mass is 10.2. The van der Waals surface area contributed by atoms with E-state index in [4.69, 9.17) is 11.6 Å². The van der Waals surface area contributed by atoms with Gasteiger partial charge in [-0.25, -0.2) is 9.97 Å². The standard InChI is InChI=1S/C13H17ClN4S/c1-3-15-5-10-4-13(16-6-12(10)14)18(2)7-11-8-19-9-17-11/h4,6,8-9,15H,3,5,7H2,1-2H3. The van der Waals surface area contributed by atoms with Gasteiger partial charge in [-0.15, -0.1) is 11.3 Å². The van der Waals surface area contributed by atoms with E-state index in [0.29, 0.717) is 5.02 Å². The lowest BCUT2D eigenvalue weighted by Gasteiger charge is -2.18. The fraction of sp³-hybridized carbons (Fsp3) is 0.385. The maximum atomic E-state index is 6.15. The van der Waals surface area contributed by atoms with Gasteiger partial charge < -0.3 is 10.2 Å². The zero-order chi connectivity index (χ0) is 13.7. The minimum absolute atomic E-state index is 0.701. The van der Waals surface area contributed by atoms with Gasteiger partial charge in [0.05, 0.1) is 22.8 Å². The Hall–Kier alpha value is -1.17. The van der Waals surface area contributed by atoms with Crippen molar-refractivity contribution in [2.75, 3.05) is 18.5 Å². The molecule has 2 aromatic heterocycles. The van der Waals surface area contributed by atoms with Gasteiger partial charge in [0.15, 0.2) is 0 Å². The summed E-state index contributed by atoms with van der Waals surface area (Å²) in [5.74, 6) is 0.908. The molecule has 19 heavy (non-hydrogen) atoms. The summed E-state index contributed by atoms with van der Waals surface area (Å²) in [7, 11) is 2.01. The number of nitrogens with zero attached hydrogens (tertiary/aromatic N) is 3. The molecule has 0 unspecified atom stereocenters. The van der Waals surface area contributed by atoms with Gasteiger partial charge in [0.2, 0.25) is 0 Å². The zero-order valence-corrected chi connectivity index (χ0v) is 12.6. The first-order valence-corrected chi connectivity index (χ1v) is 7.46. The molecular weight excluding hydrogens is 280 g/mol. The Bertz CT molecular complexity index is 515. The number of thiazole rings is 1. The van der Waals surface area contributed by atoms with Crippen LogP contribution in [0, 0.1) is 0 Å². The summed E-state index contributed by atoms with van der Waals surface area (Å²) in [6.45, 7) is 4.50. The van der Waals surface area contributed by atoms with Gasteiger partial charge in [-0.2, -0.15) is 0 Å². The Morgan fingerprint density at radius 3 is 2.95 bits per heavy atom. The van der Waals surface area contributed by atoms with Gasteiger partial charge in [-0.1, -0.05) is 18.5 Å². The van der Waals surface area contributed by atoms with Crippen molar-refractivity contribution in [3.05, 3.63) is 39.4 Å². The van der Waals surface area contributed by atoms with E-state index < -0.39 is 0 Å². The molecule has 102 valence electrons. The average molecular weight is 297 g/mol. The van der Waals surface area contributed by atoms with E-state index in [-0.39, 0.29) is 0 Å². The van der Waals surface area contributed by atoms with Gasteiger partial charge in [0.1, 0.15) is 5.82 Å². The second kappa shape index (κ2) is 6.84. The maximum absolute atomic E-state index is 6.15. The van der Waals surface area contributed by atoms with Crippen LogP contribution in [0.25, 0.3) is 0 Å². The molecule has 0 saturated heterocycles.